The normalized spacial score (nSPS) is 22.8. The minimum Gasteiger partial charge on any atom is -0.507 e. The van der Waals surface area contributed by atoms with Crippen LogP contribution in [0.15, 0.2) is 30.4 Å². The fraction of sp³-hybridized carbons (Fsp3) is 0.480. The topological polar surface area (TPSA) is 170 Å². The number of hydrogen-bond donors (Lipinski definition) is 4. The molecule has 1 saturated heterocycles. The zero-order valence-electron chi connectivity index (χ0n) is 20.8. The third-order valence-electron chi connectivity index (χ3n) is 5.19. The van der Waals surface area contributed by atoms with Gasteiger partial charge in [-0.2, -0.15) is 0 Å². The van der Waals surface area contributed by atoms with Gasteiger partial charge < -0.3 is 44.3 Å². The molecule has 1 aliphatic rings. The summed E-state index contributed by atoms with van der Waals surface area (Å²) in [5.74, 6) is 3.36. The maximum absolute atomic E-state index is 11.9. The van der Waals surface area contributed by atoms with Gasteiger partial charge in [-0.25, -0.2) is 9.59 Å². The van der Waals surface area contributed by atoms with Gasteiger partial charge >= 0.3 is 11.9 Å². The van der Waals surface area contributed by atoms with Gasteiger partial charge in [0.15, 0.2) is 6.29 Å². The van der Waals surface area contributed by atoms with Crippen LogP contribution in [0, 0.1) is 11.8 Å². The summed E-state index contributed by atoms with van der Waals surface area (Å²) < 4.78 is 26.5. The van der Waals surface area contributed by atoms with Crippen LogP contribution in [-0.4, -0.2) is 97.3 Å². The van der Waals surface area contributed by atoms with Crippen LogP contribution in [-0.2, 0) is 33.3 Å². The van der Waals surface area contributed by atoms with Crippen LogP contribution in [0.25, 0.3) is 0 Å². The van der Waals surface area contributed by atoms with Crippen molar-refractivity contribution in [2.75, 3.05) is 33.5 Å². The van der Waals surface area contributed by atoms with Crippen LogP contribution in [0.2, 0.25) is 0 Å². The summed E-state index contributed by atoms with van der Waals surface area (Å²) in [5.41, 5.74) is 0.332. The summed E-state index contributed by atoms with van der Waals surface area (Å²) in [5, 5.41) is 32.7. The standard InChI is InChI=1S/C25H31NO11/c1-5-34-23(31)14(2)13-36-22-20(26-15(3)28)25(37-19(12-27)21(22)30)35-10-6-7-16-8-9-18(29)17(11-16)24(32)33-4/h8-9,11,19-22,25,27,29-30H,2,5,10,12-13H2,1,3-4H3,(H,26,28)/t19-,20-,21+,22+,25+/m0/s1. The second kappa shape index (κ2) is 14.3. The van der Waals surface area contributed by atoms with Crippen LogP contribution in [0.1, 0.15) is 29.8 Å². The molecule has 2 rings (SSSR count). The number of phenols is 1. The molecule has 202 valence electrons. The highest BCUT2D eigenvalue weighted by Crippen LogP contribution is 2.25. The predicted molar refractivity (Wildman–Crippen MR) is 127 cm³/mol. The molecule has 37 heavy (non-hydrogen) atoms. The first-order chi connectivity index (χ1) is 17.6. The van der Waals surface area contributed by atoms with E-state index in [1.54, 1.807) is 6.92 Å². The van der Waals surface area contributed by atoms with Crippen molar-refractivity contribution in [1.29, 1.82) is 0 Å². The Morgan fingerprint density at radius 3 is 2.59 bits per heavy atom. The molecule has 0 spiro atoms. The molecule has 0 unspecified atom stereocenters. The predicted octanol–water partition coefficient (Wildman–Crippen LogP) is -0.366. The van der Waals surface area contributed by atoms with Crippen molar-refractivity contribution in [3.63, 3.8) is 0 Å². The lowest BCUT2D eigenvalue weighted by atomic mass is 9.96. The summed E-state index contributed by atoms with van der Waals surface area (Å²) in [6, 6.07) is 3.11. The first-order valence-electron chi connectivity index (χ1n) is 11.3. The average Bonchev–Trinajstić information content (AvgIpc) is 2.87. The van der Waals surface area contributed by atoms with Crippen LogP contribution in [0.4, 0.5) is 0 Å². The van der Waals surface area contributed by atoms with Gasteiger partial charge in [0.2, 0.25) is 5.91 Å². The number of ether oxygens (including phenoxy) is 5. The van der Waals surface area contributed by atoms with Crippen LogP contribution in [0.3, 0.4) is 0 Å². The zero-order chi connectivity index (χ0) is 27.5. The maximum Gasteiger partial charge on any atom is 0.341 e. The van der Waals surface area contributed by atoms with E-state index in [4.69, 9.17) is 18.9 Å². The molecular weight excluding hydrogens is 490 g/mol. The molecule has 12 nitrogen and oxygen atoms in total. The molecule has 1 aromatic rings. The highest BCUT2D eigenvalue weighted by atomic mass is 16.7. The molecule has 0 bridgehead atoms. The fourth-order valence-electron chi connectivity index (χ4n) is 3.44. The molecule has 0 aliphatic carbocycles. The van der Waals surface area contributed by atoms with E-state index in [0.29, 0.717) is 5.56 Å². The quantitative estimate of drug-likeness (QED) is 0.180. The number of aliphatic hydroxyl groups is 2. The number of amides is 1. The number of aliphatic hydroxyl groups excluding tert-OH is 2. The number of aromatic hydroxyl groups is 1. The molecule has 1 aromatic carbocycles. The van der Waals surface area contributed by atoms with Gasteiger partial charge in [0.25, 0.3) is 0 Å². The zero-order valence-corrected chi connectivity index (χ0v) is 20.8. The number of carbonyl (C=O) groups excluding carboxylic acids is 3. The minimum absolute atomic E-state index is 0.00813. The van der Waals surface area contributed by atoms with Gasteiger partial charge in [-0.1, -0.05) is 18.4 Å². The van der Waals surface area contributed by atoms with E-state index in [2.05, 4.69) is 28.5 Å². The first kappa shape index (κ1) is 29.8. The number of benzene rings is 1. The van der Waals surface area contributed by atoms with E-state index >= 15 is 0 Å². The van der Waals surface area contributed by atoms with E-state index in [1.807, 2.05) is 0 Å². The van der Waals surface area contributed by atoms with Crippen LogP contribution < -0.4 is 5.32 Å². The number of nitrogens with one attached hydrogen (secondary N) is 1. The SMILES string of the molecule is C=C(CO[C@H]1[C@H](O)[C@H](CO)O[C@@H](OCC#Cc2ccc(O)c(C(=O)OC)c2)[C@H]1NC(C)=O)C(=O)OCC. The molecule has 0 radical (unpaired) electrons. The molecule has 1 amide bonds. The van der Waals surface area contributed by atoms with Crippen molar-refractivity contribution >= 4 is 17.8 Å². The maximum atomic E-state index is 11.9. The van der Waals surface area contributed by atoms with Crippen molar-refractivity contribution in [1.82, 2.24) is 5.32 Å². The Kier molecular flexibility index (Phi) is 11.5. The van der Waals surface area contributed by atoms with E-state index in [1.165, 1.54) is 32.2 Å². The van der Waals surface area contributed by atoms with Crippen molar-refractivity contribution in [3.05, 3.63) is 41.5 Å². The van der Waals surface area contributed by atoms with Crippen molar-refractivity contribution in [2.45, 2.75) is 44.5 Å². The van der Waals surface area contributed by atoms with E-state index in [-0.39, 0.29) is 36.7 Å². The molecule has 1 aliphatic heterocycles. The lowest BCUT2D eigenvalue weighted by molar-refractivity contribution is -0.272. The second-order valence-electron chi connectivity index (χ2n) is 7.88. The highest BCUT2D eigenvalue weighted by Gasteiger charge is 2.47. The Bertz CT molecular complexity index is 1040. The molecular formula is C25H31NO11. The molecule has 1 fully saturated rings. The Morgan fingerprint density at radius 1 is 1.24 bits per heavy atom. The Labute approximate surface area is 214 Å². The number of methoxy groups -OCH3 is 1. The van der Waals surface area contributed by atoms with E-state index < -0.39 is 55.1 Å². The third kappa shape index (κ3) is 8.28. The van der Waals surface area contributed by atoms with Crippen LogP contribution >= 0.6 is 0 Å². The molecule has 5 atom stereocenters. The van der Waals surface area contributed by atoms with Gasteiger partial charge in [-0.05, 0) is 25.1 Å². The van der Waals surface area contributed by atoms with E-state index in [0.717, 1.165) is 0 Å². The molecule has 0 aromatic heterocycles. The molecule has 1 heterocycles. The van der Waals surface area contributed by atoms with Gasteiger partial charge in [-0.3, -0.25) is 4.79 Å². The van der Waals surface area contributed by atoms with Gasteiger partial charge in [0.05, 0.1) is 32.5 Å². The summed E-state index contributed by atoms with van der Waals surface area (Å²) in [6.45, 7) is 5.52. The van der Waals surface area contributed by atoms with Gasteiger partial charge in [0.1, 0.15) is 42.3 Å². The number of rotatable bonds is 10. The lowest BCUT2D eigenvalue weighted by Gasteiger charge is -2.43. The Morgan fingerprint density at radius 2 is 1.97 bits per heavy atom. The fourth-order valence-corrected chi connectivity index (χ4v) is 3.44. The monoisotopic (exact) mass is 521 g/mol. The highest BCUT2D eigenvalue weighted by molar-refractivity contribution is 5.92. The summed E-state index contributed by atoms with van der Waals surface area (Å²) in [4.78, 5) is 35.4. The number of carbonyl (C=O) groups is 3. The first-order valence-corrected chi connectivity index (χ1v) is 11.3. The van der Waals surface area contributed by atoms with Gasteiger partial charge in [0, 0.05) is 12.5 Å². The van der Waals surface area contributed by atoms with E-state index in [9.17, 15) is 29.7 Å². The lowest BCUT2D eigenvalue weighted by Crippen LogP contribution is -2.65. The van der Waals surface area contributed by atoms with Crippen molar-refractivity contribution in [3.8, 4) is 17.6 Å². The van der Waals surface area contributed by atoms with Crippen molar-refractivity contribution in [2.24, 2.45) is 0 Å². The van der Waals surface area contributed by atoms with Crippen LogP contribution in [0.5, 0.6) is 5.75 Å². The minimum atomic E-state index is -1.38. The number of hydrogen-bond acceptors (Lipinski definition) is 11. The number of phenolic OH excluding ortho intramolecular Hbond substituents is 1. The summed E-state index contributed by atoms with van der Waals surface area (Å²) in [7, 11) is 1.18. The number of esters is 2. The summed E-state index contributed by atoms with van der Waals surface area (Å²) >= 11 is 0. The average molecular weight is 522 g/mol. The third-order valence-corrected chi connectivity index (χ3v) is 5.19. The Hall–Kier alpha value is -3.47. The van der Waals surface area contributed by atoms with Crippen molar-refractivity contribution < 1.29 is 53.4 Å². The van der Waals surface area contributed by atoms with Gasteiger partial charge in [-0.15, -0.1) is 0 Å². The molecule has 12 heteroatoms. The molecule has 0 saturated carbocycles. The second-order valence-corrected chi connectivity index (χ2v) is 7.88. The Balaban J connectivity index is 2.17. The summed E-state index contributed by atoms with van der Waals surface area (Å²) in [6.07, 6.45) is -4.83. The molecule has 4 N–H and O–H groups in total. The largest absolute Gasteiger partial charge is 0.507 e. The smallest absolute Gasteiger partial charge is 0.341 e.